The number of aromatic nitrogens is 1. The predicted octanol–water partition coefficient (Wildman–Crippen LogP) is 3.51. The van der Waals surface area contributed by atoms with Crippen LogP contribution in [0.1, 0.15) is 39.8 Å². The molecule has 0 aliphatic carbocycles. The third-order valence-corrected chi connectivity index (χ3v) is 4.09. The highest BCUT2D eigenvalue weighted by molar-refractivity contribution is 7.11. The number of hydrogen-bond donors (Lipinski definition) is 2. The average molecular weight is 303 g/mol. The third-order valence-electron chi connectivity index (χ3n) is 3.02. The SMILES string of the molecule is Cc1nc(C)c(CNc2ccc(C(=O)NC(C)C)cc2)s1. The largest absolute Gasteiger partial charge is 0.380 e. The Morgan fingerprint density at radius 1 is 1.24 bits per heavy atom. The first kappa shape index (κ1) is 15.5. The van der Waals surface area contributed by atoms with Gasteiger partial charge < -0.3 is 10.6 Å². The molecule has 2 rings (SSSR count). The molecule has 21 heavy (non-hydrogen) atoms. The molecule has 0 radical (unpaired) electrons. The fraction of sp³-hybridized carbons (Fsp3) is 0.375. The van der Waals surface area contributed by atoms with Crippen LogP contribution in [0.4, 0.5) is 5.69 Å². The standard InChI is InChI=1S/C16H21N3OS/c1-10(2)18-16(20)13-5-7-14(8-6-13)17-9-15-11(3)19-12(4)21-15/h5-8,10,17H,9H2,1-4H3,(H,18,20). The number of carbonyl (C=O) groups is 1. The number of amides is 1. The summed E-state index contributed by atoms with van der Waals surface area (Å²) in [4.78, 5) is 17.5. The average Bonchev–Trinajstić information content (AvgIpc) is 2.74. The topological polar surface area (TPSA) is 54.0 Å². The van der Waals surface area contributed by atoms with Crippen LogP contribution in [-0.2, 0) is 6.54 Å². The summed E-state index contributed by atoms with van der Waals surface area (Å²) in [6.45, 7) is 8.71. The number of rotatable bonds is 5. The minimum atomic E-state index is -0.0366. The van der Waals surface area contributed by atoms with Gasteiger partial charge in [-0.2, -0.15) is 0 Å². The molecule has 0 unspecified atom stereocenters. The van der Waals surface area contributed by atoms with Gasteiger partial charge in [-0.15, -0.1) is 11.3 Å². The van der Waals surface area contributed by atoms with Crippen molar-refractivity contribution in [3.8, 4) is 0 Å². The summed E-state index contributed by atoms with van der Waals surface area (Å²) < 4.78 is 0. The second kappa shape index (κ2) is 6.72. The molecule has 4 nitrogen and oxygen atoms in total. The van der Waals surface area contributed by atoms with E-state index < -0.39 is 0 Å². The maximum absolute atomic E-state index is 11.9. The monoisotopic (exact) mass is 303 g/mol. The van der Waals surface area contributed by atoms with E-state index in [9.17, 15) is 4.79 Å². The first-order valence-electron chi connectivity index (χ1n) is 7.03. The molecule has 0 aliphatic heterocycles. The zero-order valence-corrected chi connectivity index (χ0v) is 13.7. The Balaban J connectivity index is 1.96. The molecule has 0 saturated heterocycles. The van der Waals surface area contributed by atoms with Crippen LogP contribution in [0.3, 0.4) is 0 Å². The highest BCUT2D eigenvalue weighted by Gasteiger charge is 2.07. The predicted molar refractivity (Wildman–Crippen MR) is 88.0 cm³/mol. The highest BCUT2D eigenvalue weighted by atomic mass is 32.1. The molecule has 112 valence electrons. The van der Waals surface area contributed by atoms with Gasteiger partial charge in [0.05, 0.1) is 17.2 Å². The van der Waals surface area contributed by atoms with E-state index in [1.54, 1.807) is 11.3 Å². The summed E-state index contributed by atoms with van der Waals surface area (Å²) in [6, 6.07) is 7.68. The van der Waals surface area contributed by atoms with Crippen LogP contribution in [0.25, 0.3) is 0 Å². The van der Waals surface area contributed by atoms with Crippen molar-refractivity contribution in [1.29, 1.82) is 0 Å². The molecule has 5 heteroatoms. The Hall–Kier alpha value is -1.88. The molecule has 1 amide bonds. The smallest absolute Gasteiger partial charge is 0.251 e. The van der Waals surface area contributed by atoms with Gasteiger partial charge >= 0.3 is 0 Å². The van der Waals surface area contributed by atoms with Crippen LogP contribution in [0.2, 0.25) is 0 Å². The van der Waals surface area contributed by atoms with Crippen molar-refractivity contribution in [1.82, 2.24) is 10.3 Å². The Kier molecular flexibility index (Phi) is 4.96. The summed E-state index contributed by atoms with van der Waals surface area (Å²) in [6.07, 6.45) is 0. The maximum Gasteiger partial charge on any atom is 0.251 e. The fourth-order valence-electron chi connectivity index (χ4n) is 2.00. The van der Waals surface area contributed by atoms with E-state index in [1.807, 2.05) is 52.0 Å². The van der Waals surface area contributed by atoms with Gasteiger partial charge in [0.15, 0.2) is 0 Å². The Bertz CT molecular complexity index is 617. The lowest BCUT2D eigenvalue weighted by molar-refractivity contribution is 0.0943. The molecule has 2 N–H and O–H groups in total. The van der Waals surface area contributed by atoms with Gasteiger partial charge in [0, 0.05) is 22.2 Å². The lowest BCUT2D eigenvalue weighted by atomic mass is 10.2. The van der Waals surface area contributed by atoms with E-state index in [0.29, 0.717) is 5.56 Å². The lowest BCUT2D eigenvalue weighted by Crippen LogP contribution is -2.29. The van der Waals surface area contributed by atoms with Gasteiger partial charge in [0.1, 0.15) is 0 Å². The van der Waals surface area contributed by atoms with E-state index in [0.717, 1.165) is 22.9 Å². The Morgan fingerprint density at radius 2 is 1.90 bits per heavy atom. The molecule has 0 saturated carbocycles. The molecule has 0 bridgehead atoms. The Morgan fingerprint density at radius 3 is 2.43 bits per heavy atom. The number of carbonyl (C=O) groups excluding carboxylic acids is 1. The van der Waals surface area contributed by atoms with Crippen LogP contribution in [0.15, 0.2) is 24.3 Å². The Labute approximate surface area is 129 Å². The summed E-state index contributed by atoms with van der Waals surface area (Å²) in [5.74, 6) is -0.0366. The quantitative estimate of drug-likeness (QED) is 0.888. The van der Waals surface area contributed by atoms with Gasteiger partial charge in [-0.1, -0.05) is 0 Å². The number of anilines is 1. The minimum Gasteiger partial charge on any atom is -0.380 e. The zero-order chi connectivity index (χ0) is 15.4. The van der Waals surface area contributed by atoms with Crippen molar-refractivity contribution in [2.24, 2.45) is 0 Å². The number of benzene rings is 1. The van der Waals surface area contributed by atoms with E-state index in [2.05, 4.69) is 15.6 Å². The number of hydrogen-bond acceptors (Lipinski definition) is 4. The van der Waals surface area contributed by atoms with Crippen molar-refractivity contribution < 1.29 is 4.79 Å². The first-order chi connectivity index (χ1) is 9.95. The molecule has 2 aromatic rings. The molecule has 0 aliphatic rings. The maximum atomic E-state index is 11.9. The van der Waals surface area contributed by atoms with Crippen molar-refractivity contribution >= 4 is 22.9 Å². The molecule has 0 spiro atoms. The third kappa shape index (κ3) is 4.29. The highest BCUT2D eigenvalue weighted by Crippen LogP contribution is 2.19. The van der Waals surface area contributed by atoms with Crippen molar-refractivity contribution in [2.45, 2.75) is 40.3 Å². The van der Waals surface area contributed by atoms with Gasteiger partial charge in [0.2, 0.25) is 0 Å². The second-order valence-corrected chi connectivity index (χ2v) is 6.59. The van der Waals surface area contributed by atoms with E-state index in [1.165, 1.54) is 4.88 Å². The number of nitrogens with zero attached hydrogens (tertiary/aromatic N) is 1. The summed E-state index contributed by atoms with van der Waals surface area (Å²) in [5, 5.41) is 7.33. The zero-order valence-electron chi connectivity index (χ0n) is 12.9. The molecule has 0 atom stereocenters. The second-order valence-electron chi connectivity index (χ2n) is 5.30. The summed E-state index contributed by atoms with van der Waals surface area (Å²) in [7, 11) is 0. The molecule has 1 aromatic heterocycles. The molecule has 1 aromatic carbocycles. The molecule has 0 fully saturated rings. The summed E-state index contributed by atoms with van der Waals surface area (Å²) in [5.41, 5.74) is 2.76. The summed E-state index contributed by atoms with van der Waals surface area (Å²) >= 11 is 1.71. The molecular weight excluding hydrogens is 282 g/mol. The van der Waals surface area contributed by atoms with Crippen LogP contribution in [0, 0.1) is 13.8 Å². The van der Waals surface area contributed by atoms with Gasteiger partial charge in [0.25, 0.3) is 5.91 Å². The van der Waals surface area contributed by atoms with Gasteiger partial charge in [-0.25, -0.2) is 4.98 Å². The van der Waals surface area contributed by atoms with Crippen molar-refractivity contribution in [3.05, 3.63) is 45.4 Å². The van der Waals surface area contributed by atoms with Gasteiger partial charge in [-0.05, 0) is 52.0 Å². The number of nitrogens with one attached hydrogen (secondary N) is 2. The lowest BCUT2D eigenvalue weighted by Gasteiger charge is -2.09. The van der Waals surface area contributed by atoms with Crippen molar-refractivity contribution in [2.75, 3.05) is 5.32 Å². The molecular formula is C16H21N3OS. The van der Waals surface area contributed by atoms with Crippen LogP contribution in [-0.4, -0.2) is 16.9 Å². The normalized spacial score (nSPS) is 10.7. The van der Waals surface area contributed by atoms with Crippen LogP contribution in [0.5, 0.6) is 0 Å². The van der Waals surface area contributed by atoms with E-state index in [4.69, 9.17) is 0 Å². The minimum absolute atomic E-state index is 0.0366. The fourth-order valence-corrected chi connectivity index (χ4v) is 2.88. The van der Waals surface area contributed by atoms with E-state index >= 15 is 0 Å². The van der Waals surface area contributed by atoms with Crippen LogP contribution >= 0.6 is 11.3 Å². The first-order valence-corrected chi connectivity index (χ1v) is 7.85. The number of aryl methyl sites for hydroxylation is 2. The van der Waals surface area contributed by atoms with Gasteiger partial charge in [-0.3, -0.25) is 4.79 Å². The number of thiazole rings is 1. The van der Waals surface area contributed by atoms with Crippen molar-refractivity contribution in [3.63, 3.8) is 0 Å². The molecule has 1 heterocycles. The van der Waals surface area contributed by atoms with E-state index in [-0.39, 0.29) is 11.9 Å². The van der Waals surface area contributed by atoms with Crippen LogP contribution < -0.4 is 10.6 Å².